The largest absolute Gasteiger partial charge is 0.344 e. The quantitative estimate of drug-likeness (QED) is 0.620. The molecule has 0 aromatic heterocycles. The SMILES string of the molecule is CCc1ccc([C@H](NC(=O)CN2C(=O)c3ccccc3C2=O)c2cccc(F)c2)cc1. The first-order valence-corrected chi connectivity index (χ1v) is 10.1. The summed E-state index contributed by atoms with van der Waals surface area (Å²) in [6.45, 7) is 1.63. The maximum absolute atomic E-state index is 13.9. The number of aryl methyl sites for hydroxylation is 1. The van der Waals surface area contributed by atoms with E-state index in [0.29, 0.717) is 5.56 Å². The van der Waals surface area contributed by atoms with Gasteiger partial charge in [-0.15, -0.1) is 0 Å². The van der Waals surface area contributed by atoms with Crippen LogP contribution in [0.25, 0.3) is 0 Å². The van der Waals surface area contributed by atoms with E-state index in [-0.39, 0.29) is 11.1 Å². The van der Waals surface area contributed by atoms with E-state index in [2.05, 4.69) is 5.32 Å². The van der Waals surface area contributed by atoms with Crippen molar-refractivity contribution in [2.75, 3.05) is 6.54 Å². The van der Waals surface area contributed by atoms with Gasteiger partial charge in [0.15, 0.2) is 0 Å². The summed E-state index contributed by atoms with van der Waals surface area (Å²) in [5, 5.41) is 2.86. The number of amides is 3. The fourth-order valence-corrected chi connectivity index (χ4v) is 3.72. The molecule has 0 radical (unpaired) electrons. The third-order valence-corrected chi connectivity index (χ3v) is 5.39. The average molecular weight is 416 g/mol. The van der Waals surface area contributed by atoms with Crippen LogP contribution >= 0.6 is 0 Å². The van der Waals surface area contributed by atoms with Gasteiger partial charge in [0.05, 0.1) is 17.2 Å². The van der Waals surface area contributed by atoms with E-state index in [1.165, 1.54) is 12.1 Å². The fraction of sp³-hybridized carbons (Fsp3) is 0.160. The number of benzene rings is 3. The van der Waals surface area contributed by atoms with Gasteiger partial charge in [0.2, 0.25) is 5.91 Å². The molecular formula is C25H21FN2O3. The molecule has 4 rings (SSSR count). The van der Waals surface area contributed by atoms with Crippen molar-refractivity contribution in [3.05, 3.63) is 106 Å². The Kier molecular flexibility index (Phi) is 5.62. The van der Waals surface area contributed by atoms with Crippen LogP contribution in [0.4, 0.5) is 4.39 Å². The molecule has 156 valence electrons. The molecule has 0 unspecified atom stereocenters. The van der Waals surface area contributed by atoms with Crippen LogP contribution in [0.15, 0.2) is 72.8 Å². The van der Waals surface area contributed by atoms with Gasteiger partial charge in [-0.25, -0.2) is 4.39 Å². The van der Waals surface area contributed by atoms with E-state index in [1.807, 2.05) is 31.2 Å². The normalized spacial score (nSPS) is 13.8. The maximum Gasteiger partial charge on any atom is 0.262 e. The lowest BCUT2D eigenvalue weighted by molar-refractivity contribution is -0.121. The molecule has 3 aromatic rings. The highest BCUT2D eigenvalue weighted by molar-refractivity contribution is 6.22. The first-order valence-electron chi connectivity index (χ1n) is 10.1. The molecule has 1 aliphatic rings. The lowest BCUT2D eigenvalue weighted by Crippen LogP contribution is -2.41. The standard InChI is InChI=1S/C25H21FN2O3/c1-2-16-10-12-17(13-11-16)23(18-6-5-7-19(26)14-18)27-22(29)15-28-24(30)20-8-3-4-9-21(20)25(28)31/h3-14,23H,2,15H2,1H3,(H,27,29)/t23-/m0/s1. The zero-order chi connectivity index (χ0) is 22.0. The summed E-state index contributed by atoms with van der Waals surface area (Å²) in [6, 6.07) is 19.5. The van der Waals surface area contributed by atoms with Crippen molar-refractivity contribution in [2.24, 2.45) is 0 Å². The van der Waals surface area contributed by atoms with E-state index in [4.69, 9.17) is 0 Å². The van der Waals surface area contributed by atoms with E-state index in [1.54, 1.807) is 36.4 Å². The molecule has 31 heavy (non-hydrogen) atoms. The lowest BCUT2D eigenvalue weighted by atomic mass is 9.97. The summed E-state index contributed by atoms with van der Waals surface area (Å²) in [4.78, 5) is 38.9. The van der Waals surface area contributed by atoms with Crippen molar-refractivity contribution < 1.29 is 18.8 Å². The van der Waals surface area contributed by atoms with E-state index in [9.17, 15) is 18.8 Å². The zero-order valence-corrected chi connectivity index (χ0v) is 17.0. The maximum atomic E-state index is 13.9. The monoisotopic (exact) mass is 416 g/mol. The summed E-state index contributed by atoms with van der Waals surface area (Å²) in [5.41, 5.74) is 3.06. The summed E-state index contributed by atoms with van der Waals surface area (Å²) >= 11 is 0. The zero-order valence-electron chi connectivity index (χ0n) is 17.0. The highest BCUT2D eigenvalue weighted by Gasteiger charge is 2.36. The Morgan fingerprint density at radius 1 is 0.903 bits per heavy atom. The second-order valence-corrected chi connectivity index (χ2v) is 7.39. The topological polar surface area (TPSA) is 66.5 Å². The Hall–Kier alpha value is -3.80. The van der Waals surface area contributed by atoms with Gasteiger partial charge in [-0.2, -0.15) is 0 Å². The number of carbonyl (C=O) groups excluding carboxylic acids is 3. The summed E-state index contributed by atoms with van der Waals surface area (Å²) in [6.07, 6.45) is 0.872. The van der Waals surface area contributed by atoms with Gasteiger partial charge in [0, 0.05) is 0 Å². The number of carbonyl (C=O) groups is 3. The molecule has 1 atom stereocenters. The molecule has 0 saturated carbocycles. The summed E-state index contributed by atoms with van der Waals surface area (Å²) in [7, 11) is 0. The van der Waals surface area contributed by atoms with Crippen LogP contribution in [0.2, 0.25) is 0 Å². The Balaban J connectivity index is 1.57. The summed E-state index contributed by atoms with van der Waals surface area (Å²) < 4.78 is 13.9. The fourth-order valence-electron chi connectivity index (χ4n) is 3.72. The van der Waals surface area contributed by atoms with Crippen molar-refractivity contribution in [1.82, 2.24) is 10.2 Å². The molecule has 1 N–H and O–H groups in total. The minimum Gasteiger partial charge on any atom is -0.344 e. The molecule has 0 fully saturated rings. The minimum atomic E-state index is -0.621. The molecule has 0 aliphatic carbocycles. The van der Waals surface area contributed by atoms with E-state index in [0.717, 1.165) is 22.4 Å². The second kappa shape index (κ2) is 8.52. The van der Waals surface area contributed by atoms with Gasteiger partial charge < -0.3 is 5.32 Å². The van der Waals surface area contributed by atoms with E-state index < -0.39 is 36.1 Å². The predicted octanol–water partition coefficient (Wildman–Crippen LogP) is 3.89. The molecular weight excluding hydrogens is 395 g/mol. The number of fused-ring (bicyclic) bond motifs is 1. The summed E-state index contributed by atoms with van der Waals surface area (Å²) in [5.74, 6) is -1.92. The molecule has 3 aromatic carbocycles. The van der Waals surface area contributed by atoms with Crippen molar-refractivity contribution in [3.63, 3.8) is 0 Å². The molecule has 3 amide bonds. The highest BCUT2D eigenvalue weighted by atomic mass is 19.1. The minimum absolute atomic E-state index is 0.289. The van der Waals surface area contributed by atoms with Gasteiger partial charge in [0.1, 0.15) is 12.4 Å². The van der Waals surface area contributed by atoms with Crippen molar-refractivity contribution in [2.45, 2.75) is 19.4 Å². The van der Waals surface area contributed by atoms with Gasteiger partial charge in [-0.3, -0.25) is 19.3 Å². The third kappa shape index (κ3) is 4.10. The number of nitrogens with zero attached hydrogens (tertiary/aromatic N) is 1. The second-order valence-electron chi connectivity index (χ2n) is 7.39. The Morgan fingerprint density at radius 3 is 2.13 bits per heavy atom. The molecule has 0 bridgehead atoms. The Bertz CT molecular complexity index is 1120. The molecule has 6 heteroatoms. The van der Waals surface area contributed by atoms with Crippen LogP contribution in [0, 0.1) is 5.82 Å². The van der Waals surface area contributed by atoms with Crippen LogP contribution < -0.4 is 5.32 Å². The predicted molar refractivity (Wildman–Crippen MR) is 114 cm³/mol. The molecule has 5 nitrogen and oxygen atoms in total. The first kappa shape index (κ1) is 20.5. The van der Waals surface area contributed by atoms with Gasteiger partial charge in [-0.05, 0) is 47.4 Å². The number of rotatable bonds is 6. The van der Waals surface area contributed by atoms with Crippen LogP contribution in [-0.2, 0) is 11.2 Å². The molecule has 0 saturated heterocycles. The van der Waals surface area contributed by atoms with Gasteiger partial charge in [-0.1, -0.05) is 55.5 Å². The molecule has 1 aliphatic heterocycles. The highest BCUT2D eigenvalue weighted by Crippen LogP contribution is 2.25. The first-order chi connectivity index (χ1) is 15.0. The number of hydrogen-bond donors (Lipinski definition) is 1. The van der Waals surface area contributed by atoms with Crippen LogP contribution in [-0.4, -0.2) is 29.2 Å². The number of halogens is 1. The van der Waals surface area contributed by atoms with Crippen LogP contribution in [0.1, 0.15) is 50.4 Å². The average Bonchev–Trinajstić information content (AvgIpc) is 3.02. The number of hydrogen-bond acceptors (Lipinski definition) is 3. The van der Waals surface area contributed by atoms with Crippen LogP contribution in [0.3, 0.4) is 0 Å². The van der Waals surface area contributed by atoms with Gasteiger partial charge >= 0.3 is 0 Å². The lowest BCUT2D eigenvalue weighted by Gasteiger charge is -2.22. The van der Waals surface area contributed by atoms with Crippen LogP contribution in [0.5, 0.6) is 0 Å². The van der Waals surface area contributed by atoms with E-state index >= 15 is 0 Å². The third-order valence-electron chi connectivity index (χ3n) is 5.39. The molecule has 0 spiro atoms. The number of nitrogens with one attached hydrogen (secondary N) is 1. The smallest absolute Gasteiger partial charge is 0.262 e. The molecule has 1 heterocycles. The van der Waals surface area contributed by atoms with Crippen molar-refractivity contribution in [3.8, 4) is 0 Å². The Morgan fingerprint density at radius 2 is 1.55 bits per heavy atom. The van der Waals surface area contributed by atoms with Crippen molar-refractivity contribution in [1.29, 1.82) is 0 Å². The number of imide groups is 1. The van der Waals surface area contributed by atoms with Gasteiger partial charge in [0.25, 0.3) is 11.8 Å². The Labute approximate surface area is 179 Å². The van der Waals surface area contributed by atoms with Crippen molar-refractivity contribution >= 4 is 17.7 Å².